The Morgan fingerprint density at radius 3 is 2.09 bits per heavy atom. The van der Waals surface area contributed by atoms with Gasteiger partial charge in [-0.1, -0.05) is 72.8 Å². The van der Waals surface area contributed by atoms with Crippen LogP contribution in [0.5, 0.6) is 0 Å². The molecule has 0 saturated carbocycles. The Hall–Kier alpha value is -3.87. The van der Waals surface area contributed by atoms with E-state index < -0.39 is 29.2 Å². The number of nitrogens with one attached hydrogen (secondary N) is 1. The summed E-state index contributed by atoms with van der Waals surface area (Å²) in [6.07, 6.45) is -1.42. The lowest BCUT2D eigenvalue weighted by atomic mass is 9.88. The van der Waals surface area contributed by atoms with Crippen LogP contribution in [0.2, 0.25) is 0 Å². The number of hydrogen-bond donors (Lipinski definition) is 1. The van der Waals surface area contributed by atoms with Crippen LogP contribution in [0, 0.1) is 0 Å². The van der Waals surface area contributed by atoms with Gasteiger partial charge in [0, 0.05) is 6.42 Å². The van der Waals surface area contributed by atoms with Gasteiger partial charge in [0.05, 0.1) is 13.7 Å². The molecule has 0 spiro atoms. The van der Waals surface area contributed by atoms with Crippen molar-refractivity contribution in [3.8, 4) is 0 Å². The zero-order chi connectivity index (χ0) is 25.6. The molecule has 0 saturated heterocycles. The summed E-state index contributed by atoms with van der Waals surface area (Å²) in [5.41, 5.74) is -0.620. The van der Waals surface area contributed by atoms with Crippen molar-refractivity contribution in [3.63, 3.8) is 0 Å². The SMILES string of the molecule is COC(=O)NC(=O)[C@](C)(Cc1ccc2ccccc2c1)N(Cc1ccccc1)C(=O)OC(C)(C)C. The number of nitrogens with zero attached hydrogens (tertiary/aromatic N) is 1. The number of hydrogen-bond acceptors (Lipinski definition) is 5. The average molecular weight is 477 g/mol. The van der Waals surface area contributed by atoms with Gasteiger partial charge >= 0.3 is 12.2 Å². The van der Waals surface area contributed by atoms with Gasteiger partial charge in [-0.2, -0.15) is 0 Å². The summed E-state index contributed by atoms with van der Waals surface area (Å²) in [6, 6.07) is 23.1. The van der Waals surface area contributed by atoms with Crippen LogP contribution < -0.4 is 5.32 Å². The van der Waals surface area contributed by atoms with Gasteiger partial charge in [-0.05, 0) is 49.6 Å². The molecule has 7 heteroatoms. The number of fused-ring (bicyclic) bond motifs is 1. The molecule has 0 aliphatic rings. The predicted molar refractivity (Wildman–Crippen MR) is 135 cm³/mol. The lowest BCUT2D eigenvalue weighted by Gasteiger charge is -2.40. The highest BCUT2D eigenvalue weighted by molar-refractivity contribution is 5.99. The van der Waals surface area contributed by atoms with E-state index in [1.165, 1.54) is 12.0 Å². The number of rotatable bonds is 6. The number of methoxy groups -OCH3 is 1. The van der Waals surface area contributed by atoms with Crippen LogP contribution in [0.15, 0.2) is 72.8 Å². The molecule has 1 atom stereocenters. The molecule has 3 amide bonds. The third-order valence-electron chi connectivity index (χ3n) is 5.65. The molecule has 3 rings (SSSR count). The Bertz CT molecular complexity index is 1200. The van der Waals surface area contributed by atoms with Gasteiger partial charge in [0.1, 0.15) is 11.1 Å². The van der Waals surface area contributed by atoms with Gasteiger partial charge in [0.2, 0.25) is 0 Å². The lowest BCUT2D eigenvalue weighted by molar-refractivity contribution is -0.132. The summed E-state index contributed by atoms with van der Waals surface area (Å²) in [6.45, 7) is 7.03. The van der Waals surface area contributed by atoms with Crippen molar-refractivity contribution in [3.05, 3.63) is 83.9 Å². The third-order valence-corrected chi connectivity index (χ3v) is 5.65. The number of carbonyl (C=O) groups excluding carboxylic acids is 3. The third kappa shape index (κ3) is 6.59. The maximum Gasteiger partial charge on any atom is 0.413 e. The van der Waals surface area contributed by atoms with Crippen molar-refractivity contribution in [2.45, 2.75) is 51.8 Å². The topological polar surface area (TPSA) is 84.9 Å². The summed E-state index contributed by atoms with van der Waals surface area (Å²) in [5, 5.41) is 4.33. The van der Waals surface area contributed by atoms with Crippen molar-refractivity contribution < 1.29 is 23.9 Å². The molecule has 0 fully saturated rings. The first-order chi connectivity index (χ1) is 16.5. The van der Waals surface area contributed by atoms with E-state index in [0.29, 0.717) is 0 Å². The Kier molecular flexibility index (Phi) is 7.79. The molecule has 0 radical (unpaired) electrons. The highest BCUT2D eigenvalue weighted by Crippen LogP contribution is 2.28. The van der Waals surface area contributed by atoms with Crippen LogP contribution in [-0.2, 0) is 27.2 Å². The largest absolute Gasteiger partial charge is 0.453 e. The molecular formula is C28H32N2O5. The predicted octanol–water partition coefficient (Wildman–Crippen LogP) is 5.46. The minimum atomic E-state index is -1.48. The van der Waals surface area contributed by atoms with Gasteiger partial charge in [0.25, 0.3) is 5.91 Å². The highest BCUT2D eigenvalue weighted by Gasteiger charge is 2.45. The Balaban J connectivity index is 2.08. The van der Waals surface area contributed by atoms with Crippen LogP contribution in [-0.4, -0.2) is 41.2 Å². The molecule has 0 aromatic heterocycles. The van der Waals surface area contributed by atoms with E-state index in [1.807, 2.05) is 72.8 Å². The molecule has 7 nitrogen and oxygen atoms in total. The summed E-state index contributed by atoms with van der Waals surface area (Å²) < 4.78 is 10.4. The van der Waals surface area contributed by atoms with Crippen LogP contribution in [0.25, 0.3) is 10.8 Å². The fourth-order valence-corrected chi connectivity index (χ4v) is 3.85. The van der Waals surface area contributed by atoms with Gasteiger partial charge in [-0.15, -0.1) is 0 Å². The van der Waals surface area contributed by atoms with Crippen molar-refractivity contribution in [1.82, 2.24) is 10.2 Å². The van der Waals surface area contributed by atoms with E-state index in [9.17, 15) is 14.4 Å². The molecule has 0 aliphatic carbocycles. The van der Waals surface area contributed by atoms with Crippen LogP contribution in [0.1, 0.15) is 38.8 Å². The van der Waals surface area contributed by atoms with E-state index in [1.54, 1.807) is 27.7 Å². The second-order valence-electron chi connectivity index (χ2n) is 9.63. The maximum absolute atomic E-state index is 13.5. The minimum Gasteiger partial charge on any atom is -0.453 e. The number of carbonyl (C=O) groups is 3. The molecule has 1 N–H and O–H groups in total. The quantitative estimate of drug-likeness (QED) is 0.511. The van der Waals surface area contributed by atoms with Crippen molar-refractivity contribution >= 4 is 28.9 Å². The van der Waals surface area contributed by atoms with Crippen molar-refractivity contribution in [2.24, 2.45) is 0 Å². The zero-order valence-corrected chi connectivity index (χ0v) is 20.8. The van der Waals surface area contributed by atoms with Crippen molar-refractivity contribution in [1.29, 1.82) is 0 Å². The highest BCUT2D eigenvalue weighted by atomic mass is 16.6. The first-order valence-electron chi connectivity index (χ1n) is 11.4. The minimum absolute atomic E-state index is 0.106. The summed E-state index contributed by atoms with van der Waals surface area (Å²) in [7, 11) is 1.18. The average Bonchev–Trinajstić information content (AvgIpc) is 2.81. The van der Waals surface area contributed by atoms with E-state index in [-0.39, 0.29) is 13.0 Å². The molecule has 0 aliphatic heterocycles. The number of alkyl carbamates (subject to hydrolysis) is 1. The molecule has 0 bridgehead atoms. The molecular weight excluding hydrogens is 444 g/mol. The summed E-state index contributed by atoms with van der Waals surface area (Å²) in [4.78, 5) is 40.4. The second kappa shape index (κ2) is 10.6. The number of amides is 3. The maximum atomic E-state index is 13.5. The first kappa shape index (κ1) is 25.7. The molecule has 3 aromatic rings. The Morgan fingerprint density at radius 2 is 1.46 bits per heavy atom. The van der Waals surface area contributed by atoms with Crippen molar-refractivity contribution in [2.75, 3.05) is 7.11 Å². The number of imide groups is 1. The molecule has 3 aromatic carbocycles. The normalized spacial score (nSPS) is 12.9. The molecule has 0 unspecified atom stereocenters. The number of benzene rings is 3. The van der Waals surface area contributed by atoms with E-state index in [2.05, 4.69) is 10.1 Å². The van der Waals surface area contributed by atoms with Crippen LogP contribution >= 0.6 is 0 Å². The van der Waals surface area contributed by atoms with Gasteiger partial charge in [-0.25, -0.2) is 9.59 Å². The number of ether oxygens (including phenoxy) is 2. The standard InChI is InChI=1S/C28H32N2O5/c1-27(2,3)35-26(33)30(19-20-11-7-6-8-12-20)28(4,24(31)29-25(32)34-5)18-21-15-16-22-13-9-10-14-23(22)17-21/h6-17H,18-19H2,1-5H3,(H,29,31,32)/t28-/m0/s1. The van der Waals surface area contributed by atoms with E-state index in [0.717, 1.165) is 21.9 Å². The lowest BCUT2D eigenvalue weighted by Crippen LogP contribution is -2.61. The molecule has 0 heterocycles. The molecule has 184 valence electrons. The van der Waals surface area contributed by atoms with E-state index in [4.69, 9.17) is 4.74 Å². The van der Waals surface area contributed by atoms with Crippen LogP contribution in [0.3, 0.4) is 0 Å². The zero-order valence-electron chi connectivity index (χ0n) is 20.8. The molecule has 35 heavy (non-hydrogen) atoms. The second-order valence-corrected chi connectivity index (χ2v) is 9.63. The Labute approximate surface area is 206 Å². The fraction of sp³-hybridized carbons (Fsp3) is 0.321. The van der Waals surface area contributed by atoms with Crippen LogP contribution in [0.4, 0.5) is 9.59 Å². The summed E-state index contributed by atoms with van der Waals surface area (Å²) >= 11 is 0. The Morgan fingerprint density at radius 1 is 0.829 bits per heavy atom. The van der Waals surface area contributed by atoms with E-state index >= 15 is 0 Å². The van der Waals surface area contributed by atoms with Gasteiger partial charge in [-0.3, -0.25) is 15.0 Å². The fourth-order valence-electron chi connectivity index (χ4n) is 3.85. The monoisotopic (exact) mass is 476 g/mol. The first-order valence-corrected chi connectivity index (χ1v) is 11.4. The van der Waals surface area contributed by atoms with Gasteiger partial charge in [0.15, 0.2) is 0 Å². The smallest absolute Gasteiger partial charge is 0.413 e. The summed E-state index contributed by atoms with van der Waals surface area (Å²) in [5.74, 6) is -0.667. The van der Waals surface area contributed by atoms with Gasteiger partial charge < -0.3 is 9.47 Å².